The minimum absolute atomic E-state index is 0.00912. The third kappa shape index (κ3) is 2.05. The summed E-state index contributed by atoms with van der Waals surface area (Å²) in [6.07, 6.45) is 0. The van der Waals surface area contributed by atoms with Gasteiger partial charge in [0.2, 0.25) is 0 Å². The average Bonchev–Trinajstić information content (AvgIpc) is 2.68. The number of imidazole rings is 1. The molecular weight excluding hydrogens is 290 g/mol. The van der Waals surface area contributed by atoms with E-state index in [9.17, 15) is 8.78 Å². The maximum Gasteiger partial charge on any atom is 0.182 e. The Balaban J connectivity index is 2.35. The van der Waals surface area contributed by atoms with Crippen LogP contribution in [-0.2, 0) is 0 Å². The van der Waals surface area contributed by atoms with Gasteiger partial charge in [0.15, 0.2) is 4.77 Å². The van der Waals surface area contributed by atoms with Crippen LogP contribution in [0.3, 0.4) is 0 Å². The van der Waals surface area contributed by atoms with Gasteiger partial charge in [-0.05, 0) is 42.5 Å². The number of rotatable bonds is 1. The van der Waals surface area contributed by atoms with Crippen LogP contribution < -0.4 is 0 Å². The lowest BCUT2D eigenvalue weighted by molar-refractivity contribution is 0.627. The highest BCUT2D eigenvalue weighted by molar-refractivity contribution is 7.71. The Kier molecular flexibility index (Phi) is 2.88. The molecule has 0 bridgehead atoms. The zero-order chi connectivity index (χ0) is 13.6. The Labute approximate surface area is 117 Å². The van der Waals surface area contributed by atoms with Crippen LogP contribution in [0.4, 0.5) is 8.78 Å². The molecule has 0 unspecified atom stereocenters. The largest absolute Gasteiger partial charge is 0.330 e. The quantitative estimate of drug-likeness (QED) is 0.650. The molecule has 0 aliphatic rings. The molecule has 19 heavy (non-hydrogen) atoms. The van der Waals surface area contributed by atoms with Crippen LogP contribution in [0.1, 0.15) is 0 Å². The van der Waals surface area contributed by atoms with Crippen LogP contribution in [0.25, 0.3) is 16.7 Å². The van der Waals surface area contributed by atoms with Crippen LogP contribution in [0.5, 0.6) is 0 Å². The standard InChI is InChI=1S/C13H7ClF2N2S/c14-9-6-8(2-3-10(9)16)18-12-5-7(15)1-4-11(12)17-13(18)19/h1-6H,(H,17,19). The number of nitrogens with zero attached hydrogens (tertiary/aromatic N) is 1. The Hall–Kier alpha value is -1.72. The normalized spacial score (nSPS) is 11.1. The molecule has 3 rings (SSSR count). The van der Waals surface area contributed by atoms with Crippen molar-refractivity contribution in [3.63, 3.8) is 0 Å². The predicted molar refractivity (Wildman–Crippen MR) is 73.4 cm³/mol. The van der Waals surface area contributed by atoms with E-state index >= 15 is 0 Å². The second-order valence-corrected chi connectivity index (χ2v) is 4.82. The molecule has 2 aromatic carbocycles. The van der Waals surface area contributed by atoms with Crippen molar-refractivity contribution in [1.29, 1.82) is 0 Å². The number of halogens is 3. The first-order chi connectivity index (χ1) is 9.06. The highest BCUT2D eigenvalue weighted by atomic mass is 35.5. The molecule has 1 aromatic heterocycles. The number of H-pyrrole nitrogens is 1. The summed E-state index contributed by atoms with van der Waals surface area (Å²) in [5.74, 6) is -0.883. The number of aromatic nitrogens is 2. The van der Waals surface area contributed by atoms with E-state index in [1.54, 1.807) is 10.6 Å². The lowest BCUT2D eigenvalue weighted by atomic mass is 10.2. The highest BCUT2D eigenvalue weighted by Gasteiger charge is 2.09. The SMILES string of the molecule is Fc1ccc2[nH]c(=S)n(-c3ccc(F)c(Cl)c3)c2c1. The van der Waals surface area contributed by atoms with E-state index in [1.807, 2.05) is 0 Å². The van der Waals surface area contributed by atoms with Gasteiger partial charge in [-0.15, -0.1) is 0 Å². The lowest BCUT2D eigenvalue weighted by Gasteiger charge is -2.05. The molecule has 3 aromatic rings. The maximum absolute atomic E-state index is 13.3. The smallest absolute Gasteiger partial charge is 0.182 e. The highest BCUT2D eigenvalue weighted by Crippen LogP contribution is 2.24. The fraction of sp³-hybridized carbons (Fsp3) is 0. The molecule has 0 spiro atoms. The van der Waals surface area contributed by atoms with Gasteiger partial charge in [0.05, 0.1) is 21.7 Å². The van der Waals surface area contributed by atoms with Gasteiger partial charge in [-0.3, -0.25) is 4.57 Å². The second kappa shape index (κ2) is 4.43. The Morgan fingerprint density at radius 2 is 1.89 bits per heavy atom. The molecule has 96 valence electrons. The fourth-order valence-corrected chi connectivity index (χ4v) is 2.44. The van der Waals surface area contributed by atoms with E-state index in [2.05, 4.69) is 4.98 Å². The van der Waals surface area contributed by atoms with Crippen molar-refractivity contribution in [2.24, 2.45) is 0 Å². The summed E-state index contributed by atoms with van der Waals surface area (Å²) in [6, 6.07) is 8.54. The molecule has 0 atom stereocenters. The van der Waals surface area contributed by atoms with E-state index in [-0.39, 0.29) is 10.8 Å². The summed E-state index contributed by atoms with van der Waals surface area (Å²) in [6.45, 7) is 0. The van der Waals surface area contributed by atoms with Gasteiger partial charge in [-0.25, -0.2) is 8.78 Å². The van der Waals surface area contributed by atoms with Crippen LogP contribution in [0.2, 0.25) is 5.02 Å². The Bertz CT molecular complexity index is 838. The van der Waals surface area contributed by atoms with E-state index in [1.165, 1.54) is 30.3 Å². The van der Waals surface area contributed by atoms with Gasteiger partial charge in [0.25, 0.3) is 0 Å². The summed E-state index contributed by atoms with van der Waals surface area (Å²) in [4.78, 5) is 2.96. The third-order valence-electron chi connectivity index (χ3n) is 2.81. The zero-order valence-electron chi connectivity index (χ0n) is 9.45. The number of hydrogen-bond acceptors (Lipinski definition) is 1. The van der Waals surface area contributed by atoms with Crippen molar-refractivity contribution >= 4 is 34.9 Å². The molecule has 6 heteroatoms. The first kappa shape index (κ1) is 12.3. The van der Waals surface area contributed by atoms with Crippen molar-refractivity contribution in [2.75, 3.05) is 0 Å². The third-order valence-corrected chi connectivity index (χ3v) is 3.38. The van der Waals surface area contributed by atoms with E-state index in [4.69, 9.17) is 23.8 Å². The minimum Gasteiger partial charge on any atom is -0.330 e. The molecule has 1 heterocycles. The van der Waals surface area contributed by atoms with Gasteiger partial charge in [0, 0.05) is 6.07 Å². The number of benzene rings is 2. The van der Waals surface area contributed by atoms with Crippen LogP contribution >= 0.6 is 23.8 Å². The van der Waals surface area contributed by atoms with Crippen molar-refractivity contribution in [2.45, 2.75) is 0 Å². The average molecular weight is 297 g/mol. The van der Waals surface area contributed by atoms with Crippen LogP contribution in [-0.4, -0.2) is 9.55 Å². The van der Waals surface area contributed by atoms with Gasteiger partial charge in [-0.2, -0.15) is 0 Å². The van der Waals surface area contributed by atoms with E-state index in [0.29, 0.717) is 21.5 Å². The zero-order valence-corrected chi connectivity index (χ0v) is 11.0. The molecule has 0 aliphatic heterocycles. The number of hydrogen-bond donors (Lipinski definition) is 1. The maximum atomic E-state index is 13.3. The molecule has 0 aliphatic carbocycles. The van der Waals surface area contributed by atoms with E-state index in [0.717, 1.165) is 0 Å². The minimum atomic E-state index is -0.511. The van der Waals surface area contributed by atoms with Gasteiger partial charge in [-0.1, -0.05) is 11.6 Å². The van der Waals surface area contributed by atoms with Gasteiger partial charge < -0.3 is 4.98 Å². The molecule has 0 amide bonds. The van der Waals surface area contributed by atoms with Gasteiger partial charge in [0.1, 0.15) is 11.6 Å². The number of nitrogens with one attached hydrogen (secondary N) is 1. The molecule has 0 radical (unpaired) electrons. The molecule has 1 N–H and O–H groups in total. The van der Waals surface area contributed by atoms with Crippen molar-refractivity contribution < 1.29 is 8.78 Å². The van der Waals surface area contributed by atoms with Gasteiger partial charge >= 0.3 is 0 Å². The van der Waals surface area contributed by atoms with Crippen molar-refractivity contribution in [3.05, 3.63) is 57.8 Å². The summed E-state index contributed by atoms with van der Waals surface area (Å²) < 4.78 is 28.5. The first-order valence-corrected chi connectivity index (χ1v) is 6.20. The van der Waals surface area contributed by atoms with Crippen LogP contribution in [0, 0.1) is 16.4 Å². The summed E-state index contributed by atoms with van der Waals surface area (Å²) in [5, 5.41) is -0.00912. The molecule has 0 saturated heterocycles. The molecular formula is C13H7ClF2N2S. The summed E-state index contributed by atoms with van der Waals surface area (Å²) in [7, 11) is 0. The number of aromatic amines is 1. The van der Waals surface area contributed by atoms with Crippen molar-refractivity contribution in [3.8, 4) is 5.69 Å². The van der Waals surface area contributed by atoms with Crippen LogP contribution in [0.15, 0.2) is 36.4 Å². The number of fused-ring (bicyclic) bond motifs is 1. The van der Waals surface area contributed by atoms with E-state index < -0.39 is 5.82 Å². The molecule has 2 nitrogen and oxygen atoms in total. The lowest BCUT2D eigenvalue weighted by Crippen LogP contribution is -1.95. The summed E-state index contributed by atoms with van der Waals surface area (Å²) >= 11 is 11.0. The monoisotopic (exact) mass is 296 g/mol. The fourth-order valence-electron chi connectivity index (χ4n) is 1.96. The summed E-state index contributed by atoms with van der Waals surface area (Å²) in [5.41, 5.74) is 1.85. The first-order valence-electron chi connectivity index (χ1n) is 5.42. The Morgan fingerprint density at radius 1 is 1.11 bits per heavy atom. The predicted octanol–water partition coefficient (Wildman–Crippen LogP) is 4.62. The molecule has 0 saturated carbocycles. The Morgan fingerprint density at radius 3 is 2.63 bits per heavy atom. The molecule has 0 fully saturated rings. The topological polar surface area (TPSA) is 20.7 Å². The van der Waals surface area contributed by atoms with Crippen molar-refractivity contribution in [1.82, 2.24) is 9.55 Å². The second-order valence-electron chi connectivity index (χ2n) is 4.03.